The molecule has 1 saturated heterocycles. The van der Waals surface area contributed by atoms with Crippen molar-refractivity contribution in [2.24, 2.45) is 0 Å². The summed E-state index contributed by atoms with van der Waals surface area (Å²) in [4.78, 5) is 2.13. The molecule has 1 unspecified atom stereocenters. The van der Waals surface area contributed by atoms with Gasteiger partial charge in [-0.15, -0.1) is 0 Å². The van der Waals surface area contributed by atoms with Gasteiger partial charge in [-0.25, -0.2) is 4.21 Å². The van der Waals surface area contributed by atoms with Crippen molar-refractivity contribution in [1.29, 1.82) is 0 Å². The van der Waals surface area contributed by atoms with E-state index in [0.717, 1.165) is 18.8 Å². The van der Waals surface area contributed by atoms with Crippen molar-refractivity contribution >= 4 is 22.6 Å². The molecule has 6 nitrogen and oxygen atoms in total. The monoisotopic (exact) mass is 286 g/mol. The van der Waals surface area contributed by atoms with Crippen molar-refractivity contribution in [2.75, 3.05) is 36.9 Å². The van der Waals surface area contributed by atoms with Gasteiger partial charge in [-0.3, -0.25) is 9.27 Å². The molecule has 7 heteroatoms. The molecule has 1 fully saturated rings. The van der Waals surface area contributed by atoms with E-state index in [2.05, 4.69) is 16.5 Å². The summed E-state index contributed by atoms with van der Waals surface area (Å²) in [5.74, 6) is 0.529. The number of benzene rings is 1. The topological polar surface area (TPSA) is 71.0 Å². The quantitative estimate of drug-likeness (QED) is 0.802. The molecular formula is C12H18N2O4S. The van der Waals surface area contributed by atoms with Gasteiger partial charge in [-0.2, -0.15) is 0 Å². The van der Waals surface area contributed by atoms with Gasteiger partial charge in [0.25, 0.3) is 11.3 Å². The van der Waals surface area contributed by atoms with Crippen molar-refractivity contribution in [3.8, 4) is 5.75 Å². The third-order valence-corrected chi connectivity index (χ3v) is 3.68. The lowest BCUT2D eigenvalue weighted by atomic mass is 9.95. The van der Waals surface area contributed by atoms with Crippen LogP contribution < -0.4 is 14.4 Å². The van der Waals surface area contributed by atoms with Crippen molar-refractivity contribution < 1.29 is 18.2 Å². The van der Waals surface area contributed by atoms with E-state index in [1.807, 2.05) is 6.07 Å². The van der Waals surface area contributed by atoms with E-state index in [9.17, 15) is 4.21 Å². The highest BCUT2D eigenvalue weighted by atomic mass is 32.2. The van der Waals surface area contributed by atoms with Crippen LogP contribution in [0.25, 0.3) is 0 Å². The fourth-order valence-corrected chi connectivity index (χ4v) is 2.49. The van der Waals surface area contributed by atoms with Gasteiger partial charge in [0, 0.05) is 25.9 Å². The van der Waals surface area contributed by atoms with Crippen LogP contribution in [0.5, 0.6) is 5.75 Å². The highest BCUT2D eigenvalue weighted by Crippen LogP contribution is 2.35. The average molecular weight is 286 g/mol. The molecular weight excluding hydrogens is 268 g/mol. The Morgan fingerprint density at radius 3 is 2.63 bits per heavy atom. The van der Waals surface area contributed by atoms with Crippen LogP contribution in [0.2, 0.25) is 0 Å². The van der Waals surface area contributed by atoms with Crippen LogP contribution in [0.15, 0.2) is 18.2 Å². The van der Waals surface area contributed by atoms with Crippen molar-refractivity contribution in [1.82, 2.24) is 0 Å². The Kier molecular flexibility index (Phi) is 3.98. The number of nitrogens with one attached hydrogen (secondary N) is 1. The van der Waals surface area contributed by atoms with Crippen LogP contribution in [0.1, 0.15) is 6.92 Å². The molecule has 0 aromatic heterocycles. The zero-order valence-electron chi connectivity index (χ0n) is 11.2. The Labute approximate surface area is 115 Å². The number of anilines is 2. The van der Waals surface area contributed by atoms with E-state index >= 15 is 0 Å². The summed E-state index contributed by atoms with van der Waals surface area (Å²) in [5.41, 5.74) is 1.34. The molecule has 2 N–H and O–H groups in total. The van der Waals surface area contributed by atoms with E-state index in [-0.39, 0.29) is 5.60 Å². The van der Waals surface area contributed by atoms with Crippen molar-refractivity contribution in [3.63, 3.8) is 0 Å². The first-order valence-electron chi connectivity index (χ1n) is 5.83. The minimum atomic E-state index is -2.12. The minimum absolute atomic E-state index is 0.118. The first kappa shape index (κ1) is 14.1. The standard InChI is InChI=1S/C12H18N2O4S/c1-12(18-3)7-14(8-12)9-4-5-11(17-2)10(6-9)13-19(15)16/h4-6,13H,7-8H2,1-3H3,(H,15,16). The third kappa shape index (κ3) is 2.99. The van der Waals surface area contributed by atoms with Gasteiger partial charge in [-0.05, 0) is 25.1 Å². The number of ether oxygens (including phenoxy) is 2. The molecule has 0 bridgehead atoms. The highest BCUT2D eigenvalue weighted by Gasteiger charge is 2.39. The zero-order chi connectivity index (χ0) is 14.0. The van der Waals surface area contributed by atoms with Crippen molar-refractivity contribution in [3.05, 3.63) is 18.2 Å². The smallest absolute Gasteiger partial charge is 0.259 e. The molecule has 106 valence electrons. The lowest BCUT2D eigenvalue weighted by molar-refractivity contribution is -0.0167. The van der Waals surface area contributed by atoms with E-state index in [4.69, 9.17) is 14.0 Å². The molecule has 0 radical (unpaired) electrons. The number of nitrogens with zero attached hydrogens (tertiary/aromatic N) is 1. The summed E-state index contributed by atoms with van der Waals surface area (Å²) in [6, 6.07) is 5.48. The highest BCUT2D eigenvalue weighted by molar-refractivity contribution is 7.80. The Bertz CT molecular complexity index is 489. The molecule has 0 aliphatic carbocycles. The van der Waals surface area contributed by atoms with Gasteiger partial charge in [0.1, 0.15) is 5.75 Å². The Balaban J connectivity index is 2.17. The summed E-state index contributed by atoms with van der Waals surface area (Å²) in [7, 11) is 3.22. The Hall–Kier alpha value is -1.31. The van der Waals surface area contributed by atoms with E-state index < -0.39 is 11.3 Å². The average Bonchev–Trinajstić information content (AvgIpc) is 2.34. The minimum Gasteiger partial charge on any atom is -0.495 e. The largest absolute Gasteiger partial charge is 0.495 e. The van der Waals surface area contributed by atoms with Crippen LogP contribution in [0.4, 0.5) is 11.4 Å². The first-order valence-corrected chi connectivity index (χ1v) is 6.94. The first-order chi connectivity index (χ1) is 8.97. The lowest BCUT2D eigenvalue weighted by Gasteiger charge is -2.48. The summed E-state index contributed by atoms with van der Waals surface area (Å²) in [6.07, 6.45) is 0. The van der Waals surface area contributed by atoms with E-state index in [0.29, 0.717) is 11.4 Å². The van der Waals surface area contributed by atoms with Crippen LogP contribution in [-0.2, 0) is 16.0 Å². The van der Waals surface area contributed by atoms with E-state index in [1.54, 1.807) is 19.2 Å². The molecule has 0 spiro atoms. The molecule has 2 rings (SSSR count). The zero-order valence-corrected chi connectivity index (χ0v) is 12.0. The predicted molar refractivity (Wildman–Crippen MR) is 75.0 cm³/mol. The molecule has 0 saturated carbocycles. The van der Waals surface area contributed by atoms with E-state index in [1.165, 1.54) is 7.11 Å². The molecule has 1 atom stereocenters. The molecule has 1 aromatic rings. The maximum atomic E-state index is 10.9. The van der Waals surface area contributed by atoms with Crippen LogP contribution >= 0.6 is 0 Å². The van der Waals surface area contributed by atoms with Crippen LogP contribution in [0.3, 0.4) is 0 Å². The normalized spacial score (nSPS) is 18.6. The number of hydrogen-bond acceptors (Lipinski definition) is 4. The van der Waals surface area contributed by atoms with Gasteiger partial charge >= 0.3 is 0 Å². The van der Waals surface area contributed by atoms with Crippen LogP contribution in [-0.4, -0.2) is 41.7 Å². The number of rotatable bonds is 5. The summed E-state index contributed by atoms with van der Waals surface area (Å²) in [6.45, 7) is 3.63. The van der Waals surface area contributed by atoms with Gasteiger partial charge in [-0.1, -0.05) is 0 Å². The second-order valence-corrected chi connectivity index (χ2v) is 5.45. The molecule has 1 aliphatic heterocycles. The molecule has 1 aliphatic rings. The molecule has 0 amide bonds. The fourth-order valence-electron chi connectivity index (χ4n) is 2.14. The molecule has 1 aromatic carbocycles. The summed E-state index contributed by atoms with van der Waals surface area (Å²) in [5, 5.41) is 0. The van der Waals surface area contributed by atoms with Gasteiger partial charge in [0.05, 0.1) is 18.4 Å². The number of hydrogen-bond donors (Lipinski definition) is 2. The Morgan fingerprint density at radius 2 is 2.11 bits per heavy atom. The van der Waals surface area contributed by atoms with Gasteiger partial charge < -0.3 is 14.4 Å². The summed E-state index contributed by atoms with van der Waals surface area (Å²) >= 11 is -2.12. The lowest BCUT2D eigenvalue weighted by Crippen LogP contribution is -2.61. The maximum absolute atomic E-state index is 10.9. The fraction of sp³-hybridized carbons (Fsp3) is 0.500. The Morgan fingerprint density at radius 1 is 1.42 bits per heavy atom. The molecule has 19 heavy (non-hydrogen) atoms. The SMILES string of the molecule is COc1ccc(N2CC(C)(OC)C2)cc1NS(=O)O. The van der Waals surface area contributed by atoms with Crippen LogP contribution in [0, 0.1) is 0 Å². The predicted octanol–water partition coefficient (Wildman–Crippen LogP) is 1.47. The van der Waals surface area contributed by atoms with Gasteiger partial charge in [0.2, 0.25) is 0 Å². The van der Waals surface area contributed by atoms with Gasteiger partial charge in [0.15, 0.2) is 0 Å². The molecule has 1 heterocycles. The summed E-state index contributed by atoms with van der Waals surface area (Å²) < 4.78 is 32.8. The number of methoxy groups -OCH3 is 2. The third-order valence-electron chi connectivity index (χ3n) is 3.29. The second kappa shape index (κ2) is 5.36. The van der Waals surface area contributed by atoms with Crippen molar-refractivity contribution in [2.45, 2.75) is 12.5 Å². The second-order valence-electron chi connectivity index (χ2n) is 4.75. The maximum Gasteiger partial charge on any atom is 0.259 e.